The van der Waals surface area contributed by atoms with E-state index in [0.29, 0.717) is 32.0 Å². The van der Waals surface area contributed by atoms with E-state index in [1.165, 1.54) is 10.7 Å². The first-order chi connectivity index (χ1) is 14.3. The van der Waals surface area contributed by atoms with Gasteiger partial charge in [-0.25, -0.2) is 18.2 Å². The quantitative estimate of drug-likeness (QED) is 0.402. The van der Waals surface area contributed by atoms with Crippen molar-refractivity contribution in [3.8, 4) is 28.2 Å². The molecule has 4 rings (SSSR count). The van der Waals surface area contributed by atoms with Gasteiger partial charge in [-0.15, -0.1) is 0 Å². The molecular formula is C21H14Cl3N3O2S. The molecule has 3 aromatic carbocycles. The fraction of sp³-hybridized carbons (Fsp3) is 0. The van der Waals surface area contributed by atoms with Crippen LogP contribution in [0.2, 0.25) is 15.1 Å². The second kappa shape index (κ2) is 8.06. The van der Waals surface area contributed by atoms with Gasteiger partial charge in [-0.2, -0.15) is 5.10 Å². The van der Waals surface area contributed by atoms with Gasteiger partial charge in [0.25, 0.3) is 0 Å². The molecule has 0 atom stereocenters. The van der Waals surface area contributed by atoms with E-state index in [0.717, 1.165) is 5.56 Å². The molecule has 0 radical (unpaired) electrons. The minimum Gasteiger partial charge on any atom is -0.230 e. The van der Waals surface area contributed by atoms with E-state index in [1.54, 1.807) is 66.7 Å². The summed E-state index contributed by atoms with van der Waals surface area (Å²) in [6.45, 7) is 0. The van der Waals surface area contributed by atoms with Crippen LogP contribution < -0.4 is 5.14 Å². The highest BCUT2D eigenvalue weighted by Gasteiger charge is 2.24. The van der Waals surface area contributed by atoms with Crippen molar-refractivity contribution in [1.82, 2.24) is 9.78 Å². The molecule has 0 unspecified atom stereocenters. The molecule has 5 nitrogen and oxygen atoms in total. The highest BCUT2D eigenvalue weighted by molar-refractivity contribution is 7.89. The summed E-state index contributed by atoms with van der Waals surface area (Å²) in [7, 11) is -4.00. The minimum absolute atomic E-state index is 0.0676. The number of nitrogens with two attached hydrogens (primary N) is 1. The van der Waals surface area contributed by atoms with E-state index in [4.69, 9.17) is 39.9 Å². The Morgan fingerprint density at radius 3 is 1.87 bits per heavy atom. The average molecular weight is 479 g/mol. The van der Waals surface area contributed by atoms with E-state index in [1.807, 2.05) is 0 Å². The molecular weight excluding hydrogens is 465 g/mol. The van der Waals surface area contributed by atoms with Crippen LogP contribution in [0.5, 0.6) is 0 Å². The van der Waals surface area contributed by atoms with Gasteiger partial charge < -0.3 is 0 Å². The number of aromatic nitrogens is 2. The summed E-state index contributed by atoms with van der Waals surface area (Å²) < 4.78 is 25.9. The molecule has 0 saturated heterocycles. The van der Waals surface area contributed by atoms with E-state index in [-0.39, 0.29) is 10.6 Å². The molecule has 0 aliphatic heterocycles. The van der Waals surface area contributed by atoms with Gasteiger partial charge in [0.1, 0.15) is 10.6 Å². The topological polar surface area (TPSA) is 78.0 Å². The predicted octanol–water partition coefficient (Wildman–Crippen LogP) is 5.81. The van der Waals surface area contributed by atoms with Crippen LogP contribution in [0, 0.1) is 0 Å². The Bertz CT molecular complexity index is 1330. The lowest BCUT2D eigenvalue weighted by molar-refractivity contribution is 0.596. The molecule has 0 bridgehead atoms. The summed E-state index contributed by atoms with van der Waals surface area (Å²) in [5, 5.41) is 11.6. The number of benzene rings is 3. The predicted molar refractivity (Wildman–Crippen MR) is 121 cm³/mol. The number of nitrogens with zero attached hydrogens (tertiary/aromatic N) is 2. The third kappa shape index (κ3) is 3.97. The lowest BCUT2D eigenvalue weighted by Crippen LogP contribution is -2.16. The van der Waals surface area contributed by atoms with Crippen LogP contribution in [0.15, 0.2) is 77.7 Å². The fourth-order valence-electron chi connectivity index (χ4n) is 3.10. The molecule has 0 spiro atoms. The summed E-state index contributed by atoms with van der Waals surface area (Å²) in [4.78, 5) is -0.0676. The van der Waals surface area contributed by atoms with Crippen LogP contribution in [0.25, 0.3) is 28.2 Å². The molecule has 0 aliphatic carbocycles. The largest absolute Gasteiger partial charge is 0.240 e. The van der Waals surface area contributed by atoms with Crippen molar-refractivity contribution < 1.29 is 8.42 Å². The van der Waals surface area contributed by atoms with Crippen molar-refractivity contribution in [2.45, 2.75) is 4.90 Å². The van der Waals surface area contributed by atoms with Crippen LogP contribution in [-0.2, 0) is 10.0 Å². The molecule has 4 aromatic rings. The Kier molecular flexibility index (Phi) is 5.61. The summed E-state index contributed by atoms with van der Waals surface area (Å²) in [5.41, 5.74) is 2.71. The van der Waals surface area contributed by atoms with Gasteiger partial charge in [0.05, 0.1) is 16.4 Å². The van der Waals surface area contributed by atoms with Crippen LogP contribution in [0.3, 0.4) is 0 Å². The van der Waals surface area contributed by atoms with Crippen LogP contribution in [0.4, 0.5) is 0 Å². The normalized spacial score (nSPS) is 11.6. The summed E-state index contributed by atoms with van der Waals surface area (Å²) >= 11 is 18.8. The van der Waals surface area contributed by atoms with Gasteiger partial charge in [-0.3, -0.25) is 0 Å². The standard InChI is InChI=1S/C21H14Cl3N3O2S/c22-15-9-5-13(6-10-15)20-19(24)21(14-7-11-16(23)12-8-14)27(26-20)17-3-1-2-4-18(17)30(25,28)29/h1-12H,(H2,25,28,29). The van der Waals surface area contributed by atoms with Gasteiger partial charge in [-0.05, 0) is 36.4 Å². The fourth-order valence-corrected chi connectivity index (χ4v) is 4.40. The average Bonchev–Trinajstić information content (AvgIpc) is 3.06. The van der Waals surface area contributed by atoms with Gasteiger partial charge in [0.15, 0.2) is 0 Å². The van der Waals surface area contributed by atoms with Gasteiger partial charge in [0, 0.05) is 21.2 Å². The molecule has 1 heterocycles. The Balaban J connectivity index is 2.04. The molecule has 2 N–H and O–H groups in total. The molecule has 30 heavy (non-hydrogen) atoms. The smallest absolute Gasteiger partial charge is 0.230 e. The number of rotatable bonds is 4. The second-order valence-electron chi connectivity index (χ2n) is 6.45. The van der Waals surface area contributed by atoms with Gasteiger partial charge >= 0.3 is 0 Å². The zero-order chi connectivity index (χ0) is 21.5. The maximum atomic E-state index is 12.2. The number of sulfonamides is 1. The monoisotopic (exact) mass is 477 g/mol. The van der Waals surface area contributed by atoms with Crippen molar-refractivity contribution in [2.24, 2.45) is 5.14 Å². The van der Waals surface area contributed by atoms with Crippen molar-refractivity contribution >= 4 is 44.8 Å². The minimum atomic E-state index is -4.00. The van der Waals surface area contributed by atoms with Crippen LogP contribution in [-0.4, -0.2) is 18.2 Å². The number of halogens is 3. The molecule has 1 aromatic heterocycles. The molecule has 0 saturated carbocycles. The maximum absolute atomic E-state index is 12.2. The zero-order valence-electron chi connectivity index (χ0n) is 15.3. The second-order valence-corrected chi connectivity index (χ2v) is 9.23. The van der Waals surface area contributed by atoms with Crippen LogP contribution >= 0.6 is 34.8 Å². The van der Waals surface area contributed by atoms with Gasteiger partial charge in [0.2, 0.25) is 10.0 Å². The number of primary sulfonamides is 1. The molecule has 152 valence electrons. The Labute approximate surface area is 188 Å². The van der Waals surface area contributed by atoms with Crippen LogP contribution in [0.1, 0.15) is 0 Å². The highest BCUT2D eigenvalue weighted by atomic mass is 35.5. The van der Waals surface area contributed by atoms with E-state index in [9.17, 15) is 8.42 Å². The van der Waals surface area contributed by atoms with E-state index < -0.39 is 10.0 Å². The first-order valence-electron chi connectivity index (χ1n) is 8.68. The molecule has 0 fully saturated rings. The summed E-state index contributed by atoms with van der Waals surface area (Å²) in [5.74, 6) is 0. The zero-order valence-corrected chi connectivity index (χ0v) is 18.3. The number of hydrogen-bond donors (Lipinski definition) is 1. The highest BCUT2D eigenvalue weighted by Crippen LogP contribution is 2.39. The van der Waals surface area contributed by atoms with E-state index in [2.05, 4.69) is 5.10 Å². The maximum Gasteiger partial charge on any atom is 0.240 e. The Hall–Kier alpha value is -2.35. The first kappa shape index (κ1) is 20.9. The van der Waals surface area contributed by atoms with Crippen molar-refractivity contribution in [3.05, 3.63) is 87.9 Å². The van der Waals surface area contributed by atoms with Crippen molar-refractivity contribution in [3.63, 3.8) is 0 Å². The molecule has 0 aliphatic rings. The molecule has 9 heteroatoms. The van der Waals surface area contributed by atoms with Crippen molar-refractivity contribution in [2.75, 3.05) is 0 Å². The lowest BCUT2D eigenvalue weighted by atomic mass is 10.1. The Morgan fingerprint density at radius 1 is 0.767 bits per heavy atom. The Morgan fingerprint density at radius 2 is 1.30 bits per heavy atom. The lowest BCUT2D eigenvalue weighted by Gasteiger charge is -2.12. The van der Waals surface area contributed by atoms with Gasteiger partial charge in [-0.1, -0.05) is 71.2 Å². The third-order valence-electron chi connectivity index (χ3n) is 4.46. The third-order valence-corrected chi connectivity index (χ3v) is 6.28. The number of para-hydroxylation sites is 1. The number of hydrogen-bond acceptors (Lipinski definition) is 3. The summed E-state index contributed by atoms with van der Waals surface area (Å²) in [6, 6.07) is 20.4. The van der Waals surface area contributed by atoms with Crippen molar-refractivity contribution in [1.29, 1.82) is 0 Å². The van der Waals surface area contributed by atoms with E-state index >= 15 is 0 Å². The summed E-state index contributed by atoms with van der Waals surface area (Å²) in [6.07, 6.45) is 0. The molecule has 0 amide bonds. The first-order valence-corrected chi connectivity index (χ1v) is 11.4. The SMILES string of the molecule is NS(=O)(=O)c1ccccc1-n1nc(-c2ccc(Cl)cc2)c(Cl)c1-c1ccc(Cl)cc1.